The van der Waals surface area contributed by atoms with Gasteiger partial charge >= 0.3 is 6.01 Å². The van der Waals surface area contributed by atoms with Gasteiger partial charge in [-0.15, -0.1) is 11.3 Å². The zero-order valence-corrected chi connectivity index (χ0v) is 13.1. The third-order valence-corrected chi connectivity index (χ3v) is 4.01. The summed E-state index contributed by atoms with van der Waals surface area (Å²) in [6, 6.07) is 8.29. The van der Waals surface area contributed by atoms with E-state index in [2.05, 4.69) is 31.1 Å². The lowest BCUT2D eigenvalue weighted by molar-refractivity contribution is 0.418. The second-order valence-electron chi connectivity index (χ2n) is 4.23. The lowest BCUT2D eigenvalue weighted by atomic mass is 10.2. The minimum Gasteiger partial charge on any atom is -0.322 e. The Balaban J connectivity index is 1.77. The molecule has 3 aromatic rings. The van der Waals surface area contributed by atoms with Crippen LogP contribution in [0, 0.1) is 0 Å². The molecule has 0 aliphatic heterocycles. The van der Waals surface area contributed by atoms with Crippen molar-refractivity contribution in [3.8, 4) is 11.4 Å². The molecule has 0 saturated heterocycles. The van der Waals surface area contributed by atoms with Gasteiger partial charge in [-0.3, -0.25) is 4.98 Å². The van der Waals surface area contributed by atoms with Gasteiger partial charge < -0.3 is 9.42 Å². The highest BCUT2D eigenvalue weighted by atomic mass is 79.9. The zero-order valence-electron chi connectivity index (χ0n) is 10.7. The maximum absolute atomic E-state index is 5.30. The summed E-state index contributed by atoms with van der Waals surface area (Å²) in [6.45, 7) is 0.701. The summed E-state index contributed by atoms with van der Waals surface area (Å²) in [6.07, 6.45) is 1.84. The van der Waals surface area contributed by atoms with Gasteiger partial charge in [0.2, 0.25) is 5.82 Å². The number of nitrogens with zero attached hydrogens (tertiary/aromatic N) is 4. The third kappa shape index (κ3) is 2.88. The van der Waals surface area contributed by atoms with Crippen LogP contribution in [-0.2, 0) is 6.54 Å². The average molecular weight is 351 g/mol. The summed E-state index contributed by atoms with van der Waals surface area (Å²) in [5, 5.41) is 4.01. The molecule has 0 bridgehead atoms. The second kappa shape index (κ2) is 5.72. The fraction of sp³-hybridized carbons (Fsp3) is 0.154. The van der Waals surface area contributed by atoms with Crippen molar-refractivity contribution in [3.05, 3.63) is 45.3 Å². The fourth-order valence-electron chi connectivity index (χ4n) is 1.71. The van der Waals surface area contributed by atoms with Gasteiger partial charge in [0.15, 0.2) is 0 Å². The zero-order chi connectivity index (χ0) is 13.9. The van der Waals surface area contributed by atoms with Crippen LogP contribution in [-0.4, -0.2) is 22.2 Å². The molecule has 20 heavy (non-hydrogen) atoms. The van der Waals surface area contributed by atoms with Crippen LogP contribution in [0.25, 0.3) is 11.4 Å². The number of thiazole rings is 1. The van der Waals surface area contributed by atoms with Crippen LogP contribution in [0.1, 0.15) is 4.88 Å². The van der Waals surface area contributed by atoms with Crippen molar-refractivity contribution >= 4 is 33.3 Å². The van der Waals surface area contributed by atoms with Crippen LogP contribution >= 0.6 is 27.3 Å². The summed E-state index contributed by atoms with van der Waals surface area (Å²) in [5.74, 6) is 0.587. The highest BCUT2D eigenvalue weighted by molar-refractivity contribution is 9.10. The van der Waals surface area contributed by atoms with Crippen LogP contribution in [0.15, 0.2) is 45.0 Å². The van der Waals surface area contributed by atoms with E-state index in [9.17, 15) is 0 Å². The average Bonchev–Trinajstić information content (AvgIpc) is 3.10. The minimum atomic E-state index is 0.497. The van der Waals surface area contributed by atoms with Crippen molar-refractivity contribution in [1.29, 1.82) is 0 Å². The molecule has 0 N–H and O–H groups in total. The topological polar surface area (TPSA) is 55.1 Å². The Labute approximate surface area is 128 Å². The van der Waals surface area contributed by atoms with Gasteiger partial charge in [0.1, 0.15) is 0 Å². The molecule has 0 aliphatic carbocycles. The SMILES string of the molecule is CN(Cc1cncs1)c1nc(-c2ccc(Br)cc2)no1. The second-order valence-corrected chi connectivity index (χ2v) is 6.12. The van der Waals surface area contributed by atoms with Crippen LogP contribution in [0.2, 0.25) is 0 Å². The molecule has 102 valence electrons. The van der Waals surface area contributed by atoms with E-state index < -0.39 is 0 Å². The van der Waals surface area contributed by atoms with Gasteiger partial charge in [-0.05, 0) is 24.3 Å². The lowest BCUT2D eigenvalue weighted by Crippen LogP contribution is -2.15. The predicted molar refractivity (Wildman–Crippen MR) is 81.7 cm³/mol. The van der Waals surface area contributed by atoms with Crippen molar-refractivity contribution < 1.29 is 4.52 Å². The number of hydrogen-bond donors (Lipinski definition) is 0. The maximum Gasteiger partial charge on any atom is 0.324 e. The first-order valence-corrected chi connectivity index (χ1v) is 7.58. The third-order valence-electron chi connectivity index (χ3n) is 2.72. The number of rotatable bonds is 4. The molecule has 0 spiro atoms. The minimum absolute atomic E-state index is 0.497. The van der Waals surface area contributed by atoms with Gasteiger partial charge in [0.05, 0.1) is 12.1 Å². The van der Waals surface area contributed by atoms with Crippen LogP contribution in [0.3, 0.4) is 0 Å². The van der Waals surface area contributed by atoms with E-state index in [1.165, 1.54) is 0 Å². The molecule has 0 atom stereocenters. The monoisotopic (exact) mass is 350 g/mol. The van der Waals surface area contributed by atoms with Gasteiger partial charge in [0, 0.05) is 28.2 Å². The first-order chi connectivity index (χ1) is 9.72. The lowest BCUT2D eigenvalue weighted by Gasteiger charge is -2.10. The molecule has 1 aromatic carbocycles. The molecule has 2 aromatic heterocycles. The van der Waals surface area contributed by atoms with Crippen LogP contribution in [0.4, 0.5) is 6.01 Å². The van der Waals surface area contributed by atoms with Gasteiger partial charge in [0.25, 0.3) is 0 Å². The molecular formula is C13H11BrN4OS. The summed E-state index contributed by atoms with van der Waals surface area (Å²) in [7, 11) is 1.92. The highest BCUT2D eigenvalue weighted by Crippen LogP contribution is 2.22. The standard InChI is InChI=1S/C13H11BrN4OS/c1-18(7-11-6-15-8-20-11)13-16-12(17-19-13)9-2-4-10(14)5-3-9/h2-6,8H,7H2,1H3. The van der Waals surface area contributed by atoms with Crippen LogP contribution in [0.5, 0.6) is 0 Å². The van der Waals surface area contributed by atoms with Crippen molar-refractivity contribution in [2.24, 2.45) is 0 Å². The molecule has 5 nitrogen and oxygen atoms in total. The number of halogens is 1. The van der Waals surface area contributed by atoms with Crippen molar-refractivity contribution in [2.75, 3.05) is 11.9 Å². The highest BCUT2D eigenvalue weighted by Gasteiger charge is 2.13. The number of aromatic nitrogens is 3. The Morgan fingerprint density at radius 1 is 1.30 bits per heavy atom. The normalized spacial score (nSPS) is 10.7. The maximum atomic E-state index is 5.30. The van der Waals surface area contributed by atoms with Gasteiger partial charge in [-0.25, -0.2) is 0 Å². The molecule has 0 unspecified atom stereocenters. The van der Waals surface area contributed by atoms with Crippen molar-refractivity contribution in [1.82, 2.24) is 15.1 Å². The number of anilines is 1. The van der Waals surface area contributed by atoms with Crippen molar-refractivity contribution in [3.63, 3.8) is 0 Å². The molecule has 0 radical (unpaired) electrons. The Hall–Kier alpha value is -1.73. The fourth-order valence-corrected chi connectivity index (χ4v) is 2.62. The van der Waals surface area contributed by atoms with E-state index in [0.717, 1.165) is 14.9 Å². The number of benzene rings is 1. The largest absolute Gasteiger partial charge is 0.324 e. The smallest absolute Gasteiger partial charge is 0.322 e. The first kappa shape index (κ1) is 13.3. The molecule has 2 heterocycles. The molecule has 7 heteroatoms. The van der Waals surface area contributed by atoms with Crippen molar-refractivity contribution in [2.45, 2.75) is 6.54 Å². The van der Waals surface area contributed by atoms with Gasteiger partial charge in [-0.2, -0.15) is 4.98 Å². The Morgan fingerprint density at radius 3 is 2.80 bits per heavy atom. The van der Waals surface area contributed by atoms with Crippen LogP contribution < -0.4 is 4.90 Å². The Kier molecular flexibility index (Phi) is 3.79. The van der Waals surface area contributed by atoms with E-state index in [-0.39, 0.29) is 0 Å². The summed E-state index contributed by atoms with van der Waals surface area (Å²) in [5.41, 5.74) is 2.74. The molecule has 0 fully saturated rings. The van der Waals surface area contributed by atoms with E-state index in [1.54, 1.807) is 11.3 Å². The predicted octanol–water partition coefficient (Wildman–Crippen LogP) is 3.59. The molecule has 0 saturated carbocycles. The quantitative estimate of drug-likeness (QED) is 0.719. The van der Waals surface area contributed by atoms with E-state index in [4.69, 9.17) is 4.52 Å². The van der Waals surface area contributed by atoms with E-state index >= 15 is 0 Å². The molecule has 0 aliphatic rings. The summed E-state index contributed by atoms with van der Waals surface area (Å²) in [4.78, 5) is 11.5. The Morgan fingerprint density at radius 2 is 2.10 bits per heavy atom. The van der Waals surface area contributed by atoms with E-state index in [0.29, 0.717) is 18.4 Å². The number of hydrogen-bond acceptors (Lipinski definition) is 6. The Bertz CT molecular complexity index is 681. The van der Waals surface area contributed by atoms with Gasteiger partial charge in [-0.1, -0.05) is 21.1 Å². The summed E-state index contributed by atoms with van der Waals surface area (Å²) < 4.78 is 6.32. The first-order valence-electron chi connectivity index (χ1n) is 5.90. The molecular weight excluding hydrogens is 340 g/mol. The molecule has 3 rings (SSSR count). The van der Waals surface area contributed by atoms with E-state index in [1.807, 2.05) is 47.9 Å². The summed E-state index contributed by atoms with van der Waals surface area (Å²) >= 11 is 5.01. The molecule has 0 amide bonds.